The van der Waals surface area contributed by atoms with Gasteiger partial charge in [-0.15, -0.1) is 0 Å². The van der Waals surface area contributed by atoms with E-state index >= 15 is 0 Å². The summed E-state index contributed by atoms with van der Waals surface area (Å²) >= 11 is 0. The molecule has 2 rings (SSSR count). The van der Waals surface area contributed by atoms with E-state index in [1.807, 2.05) is 45.3 Å². The predicted molar refractivity (Wildman–Crippen MR) is 96.0 cm³/mol. The van der Waals surface area contributed by atoms with E-state index in [1.54, 1.807) is 6.07 Å². The molecule has 0 atom stereocenters. The van der Waals surface area contributed by atoms with Crippen molar-refractivity contribution in [1.29, 1.82) is 0 Å². The average molecular weight is 327 g/mol. The molecule has 1 aromatic carbocycles. The molecule has 0 bridgehead atoms. The molecule has 2 aromatic rings. The monoisotopic (exact) mass is 327 g/mol. The van der Waals surface area contributed by atoms with Gasteiger partial charge in [0.2, 0.25) is 0 Å². The lowest BCUT2D eigenvalue weighted by atomic mass is 10.1. The van der Waals surface area contributed by atoms with Crippen molar-refractivity contribution in [2.45, 2.75) is 19.9 Å². The van der Waals surface area contributed by atoms with Crippen LogP contribution in [-0.4, -0.2) is 48.0 Å². The van der Waals surface area contributed by atoms with E-state index in [0.29, 0.717) is 18.1 Å². The van der Waals surface area contributed by atoms with Gasteiger partial charge in [0.1, 0.15) is 17.8 Å². The van der Waals surface area contributed by atoms with E-state index in [4.69, 9.17) is 0 Å². The zero-order valence-corrected chi connectivity index (χ0v) is 14.5. The Kier molecular flexibility index (Phi) is 6.69. The number of rotatable bonds is 8. The van der Waals surface area contributed by atoms with Crippen LogP contribution in [0.5, 0.6) is 0 Å². The number of aryl methyl sites for hydroxylation is 1. The SMILES string of the molecule is Cc1ccccc1CNC(=O)c1cc(NCCCN(C)C)ncn1. The van der Waals surface area contributed by atoms with Crippen LogP contribution in [0.3, 0.4) is 0 Å². The Morgan fingerprint density at radius 2 is 2.00 bits per heavy atom. The molecule has 6 nitrogen and oxygen atoms in total. The molecule has 1 aromatic heterocycles. The van der Waals surface area contributed by atoms with Gasteiger partial charge in [-0.05, 0) is 45.1 Å². The summed E-state index contributed by atoms with van der Waals surface area (Å²) in [5.41, 5.74) is 2.62. The van der Waals surface area contributed by atoms with Gasteiger partial charge in [-0.1, -0.05) is 24.3 Å². The number of aromatic nitrogens is 2. The first-order chi connectivity index (χ1) is 11.6. The highest BCUT2D eigenvalue weighted by atomic mass is 16.1. The van der Waals surface area contributed by atoms with Crippen LogP contribution in [0.1, 0.15) is 28.0 Å². The van der Waals surface area contributed by atoms with Crippen molar-refractivity contribution in [3.05, 3.63) is 53.5 Å². The smallest absolute Gasteiger partial charge is 0.270 e. The predicted octanol–water partition coefficient (Wildman–Crippen LogP) is 2.08. The minimum absolute atomic E-state index is 0.197. The summed E-state index contributed by atoms with van der Waals surface area (Å²) in [5.74, 6) is 0.474. The number of benzene rings is 1. The number of amides is 1. The average Bonchev–Trinajstić information content (AvgIpc) is 2.58. The molecule has 0 radical (unpaired) electrons. The van der Waals surface area contributed by atoms with E-state index in [2.05, 4.69) is 25.5 Å². The van der Waals surface area contributed by atoms with Gasteiger partial charge in [-0.25, -0.2) is 9.97 Å². The Morgan fingerprint density at radius 3 is 2.75 bits per heavy atom. The normalized spacial score (nSPS) is 10.7. The van der Waals surface area contributed by atoms with Gasteiger partial charge < -0.3 is 15.5 Å². The third-order valence-corrected chi connectivity index (χ3v) is 3.69. The molecule has 6 heteroatoms. The number of nitrogens with one attached hydrogen (secondary N) is 2. The van der Waals surface area contributed by atoms with E-state index in [0.717, 1.165) is 30.6 Å². The maximum atomic E-state index is 12.3. The van der Waals surface area contributed by atoms with Crippen molar-refractivity contribution < 1.29 is 4.79 Å². The van der Waals surface area contributed by atoms with Crippen LogP contribution in [0.2, 0.25) is 0 Å². The van der Waals surface area contributed by atoms with Crippen molar-refractivity contribution in [3.63, 3.8) is 0 Å². The first-order valence-corrected chi connectivity index (χ1v) is 8.09. The fourth-order valence-electron chi connectivity index (χ4n) is 2.26. The zero-order valence-electron chi connectivity index (χ0n) is 14.5. The van der Waals surface area contributed by atoms with E-state index in [1.165, 1.54) is 6.33 Å². The number of nitrogens with zero attached hydrogens (tertiary/aromatic N) is 3. The van der Waals surface area contributed by atoms with Crippen LogP contribution in [0.15, 0.2) is 36.7 Å². The quantitative estimate of drug-likeness (QED) is 0.727. The van der Waals surface area contributed by atoms with Gasteiger partial charge in [-0.3, -0.25) is 4.79 Å². The molecule has 0 fully saturated rings. The van der Waals surface area contributed by atoms with Crippen molar-refractivity contribution >= 4 is 11.7 Å². The van der Waals surface area contributed by atoms with Gasteiger partial charge in [0.15, 0.2) is 0 Å². The fourth-order valence-corrected chi connectivity index (χ4v) is 2.26. The van der Waals surface area contributed by atoms with Crippen LogP contribution < -0.4 is 10.6 Å². The molecule has 1 amide bonds. The molecule has 0 unspecified atom stereocenters. The van der Waals surface area contributed by atoms with Gasteiger partial charge in [0.05, 0.1) is 0 Å². The highest BCUT2D eigenvalue weighted by Crippen LogP contribution is 2.08. The summed E-state index contributed by atoms with van der Waals surface area (Å²) in [6.07, 6.45) is 2.42. The number of anilines is 1. The molecule has 128 valence electrons. The summed E-state index contributed by atoms with van der Waals surface area (Å²) in [4.78, 5) is 22.6. The maximum Gasteiger partial charge on any atom is 0.270 e. The Hall–Kier alpha value is -2.47. The van der Waals surface area contributed by atoms with Crippen LogP contribution >= 0.6 is 0 Å². The zero-order chi connectivity index (χ0) is 17.4. The van der Waals surface area contributed by atoms with Crippen molar-refractivity contribution in [1.82, 2.24) is 20.2 Å². The molecule has 0 saturated carbocycles. The maximum absolute atomic E-state index is 12.3. The Balaban J connectivity index is 1.88. The van der Waals surface area contributed by atoms with Gasteiger partial charge in [-0.2, -0.15) is 0 Å². The second-order valence-corrected chi connectivity index (χ2v) is 5.98. The van der Waals surface area contributed by atoms with E-state index in [-0.39, 0.29) is 5.91 Å². The first-order valence-electron chi connectivity index (χ1n) is 8.09. The Labute approximate surface area is 143 Å². The summed E-state index contributed by atoms with van der Waals surface area (Å²) < 4.78 is 0. The Bertz CT molecular complexity index is 672. The Morgan fingerprint density at radius 1 is 1.21 bits per heavy atom. The van der Waals surface area contributed by atoms with Crippen LogP contribution in [0.25, 0.3) is 0 Å². The second kappa shape index (κ2) is 8.98. The number of hydrogen-bond acceptors (Lipinski definition) is 5. The molecular formula is C18H25N5O. The largest absolute Gasteiger partial charge is 0.370 e. The van der Waals surface area contributed by atoms with Crippen LogP contribution in [0.4, 0.5) is 5.82 Å². The minimum Gasteiger partial charge on any atom is -0.370 e. The van der Waals surface area contributed by atoms with Gasteiger partial charge in [0.25, 0.3) is 5.91 Å². The lowest BCUT2D eigenvalue weighted by molar-refractivity contribution is 0.0945. The molecule has 0 spiro atoms. The van der Waals surface area contributed by atoms with Crippen LogP contribution in [-0.2, 0) is 6.54 Å². The van der Waals surface area contributed by atoms with Gasteiger partial charge in [0, 0.05) is 19.2 Å². The van der Waals surface area contributed by atoms with Gasteiger partial charge >= 0.3 is 0 Å². The standard InChI is InChI=1S/C18H25N5O/c1-14-7-4-5-8-15(14)12-20-18(24)16-11-17(22-13-21-16)19-9-6-10-23(2)3/h4-5,7-8,11,13H,6,9-10,12H2,1-3H3,(H,20,24)(H,19,21,22). The summed E-state index contributed by atoms with van der Waals surface area (Å²) in [7, 11) is 4.09. The van der Waals surface area contributed by atoms with Crippen molar-refractivity contribution in [2.75, 3.05) is 32.5 Å². The lowest BCUT2D eigenvalue weighted by Crippen LogP contribution is -2.24. The molecule has 0 aliphatic heterocycles. The van der Waals surface area contributed by atoms with Crippen molar-refractivity contribution in [2.24, 2.45) is 0 Å². The minimum atomic E-state index is -0.197. The summed E-state index contributed by atoms with van der Waals surface area (Å²) in [5, 5.41) is 6.12. The third kappa shape index (κ3) is 5.62. The molecule has 0 saturated heterocycles. The lowest BCUT2D eigenvalue weighted by Gasteiger charge is -2.11. The topological polar surface area (TPSA) is 70.2 Å². The highest BCUT2D eigenvalue weighted by Gasteiger charge is 2.09. The van der Waals surface area contributed by atoms with E-state index < -0.39 is 0 Å². The molecule has 0 aliphatic carbocycles. The number of hydrogen-bond donors (Lipinski definition) is 2. The second-order valence-electron chi connectivity index (χ2n) is 5.98. The molecular weight excluding hydrogens is 302 g/mol. The first kappa shape index (κ1) is 17.9. The van der Waals surface area contributed by atoms with Crippen molar-refractivity contribution in [3.8, 4) is 0 Å². The molecule has 0 aliphatic rings. The fraction of sp³-hybridized carbons (Fsp3) is 0.389. The highest BCUT2D eigenvalue weighted by molar-refractivity contribution is 5.92. The van der Waals surface area contributed by atoms with E-state index in [9.17, 15) is 4.79 Å². The van der Waals surface area contributed by atoms with Crippen LogP contribution in [0, 0.1) is 6.92 Å². The number of carbonyl (C=O) groups is 1. The summed E-state index contributed by atoms with van der Waals surface area (Å²) in [6.45, 7) is 4.32. The molecule has 2 N–H and O–H groups in total. The molecule has 1 heterocycles. The summed E-state index contributed by atoms with van der Waals surface area (Å²) in [6, 6.07) is 9.67. The molecule has 24 heavy (non-hydrogen) atoms. The third-order valence-electron chi connectivity index (χ3n) is 3.69. The number of carbonyl (C=O) groups excluding carboxylic acids is 1.